The molecule has 6 rings (SSSR count). The maximum absolute atomic E-state index is 14.4. The summed E-state index contributed by atoms with van der Waals surface area (Å²) in [5, 5.41) is 9.02. The van der Waals surface area contributed by atoms with Crippen LogP contribution in [0, 0.1) is 0 Å². The quantitative estimate of drug-likeness (QED) is 0.183. The second-order valence-electron chi connectivity index (χ2n) is 10.0. The van der Waals surface area contributed by atoms with E-state index in [-0.39, 0.29) is 33.7 Å². The number of benzene rings is 4. The summed E-state index contributed by atoms with van der Waals surface area (Å²) in [4.78, 5) is 27.4. The average Bonchev–Trinajstić information content (AvgIpc) is 3.64. The minimum absolute atomic E-state index is 0.0713. The van der Waals surface area contributed by atoms with Crippen molar-refractivity contribution in [3.63, 3.8) is 0 Å². The Bertz CT molecular complexity index is 2070. The van der Waals surface area contributed by atoms with Gasteiger partial charge in [0.05, 0.1) is 23.2 Å². The number of amides is 1. The van der Waals surface area contributed by atoms with Crippen LogP contribution in [0.15, 0.2) is 94.8 Å². The van der Waals surface area contributed by atoms with Crippen LogP contribution in [0.4, 0.5) is 4.79 Å². The van der Waals surface area contributed by atoms with Gasteiger partial charge in [0.25, 0.3) is 0 Å². The van der Waals surface area contributed by atoms with E-state index in [9.17, 15) is 13.2 Å². The highest BCUT2D eigenvalue weighted by Crippen LogP contribution is 2.46. The van der Waals surface area contributed by atoms with E-state index in [0.29, 0.717) is 26.6 Å². The van der Waals surface area contributed by atoms with E-state index in [4.69, 9.17) is 49.4 Å². The summed E-state index contributed by atoms with van der Waals surface area (Å²) in [7, 11) is -2.76. The molecule has 0 spiro atoms. The molecule has 1 aliphatic rings. The van der Waals surface area contributed by atoms with Gasteiger partial charge in [-0.25, -0.2) is 22.8 Å². The number of hydrogen-bond acceptors (Lipinski definition) is 8. The highest BCUT2D eigenvalue weighted by Gasteiger charge is 2.45. The molecule has 1 aliphatic heterocycles. The van der Waals surface area contributed by atoms with Crippen molar-refractivity contribution in [1.82, 2.24) is 24.8 Å². The zero-order chi connectivity index (χ0) is 32.6. The Morgan fingerprint density at radius 3 is 2.24 bits per heavy atom. The van der Waals surface area contributed by atoms with Crippen molar-refractivity contribution in [3.8, 4) is 5.75 Å². The molecule has 5 aromatic rings. The van der Waals surface area contributed by atoms with Gasteiger partial charge in [0, 0.05) is 16.1 Å². The summed E-state index contributed by atoms with van der Waals surface area (Å²) in [6, 6.07) is 22.2. The summed E-state index contributed by atoms with van der Waals surface area (Å²) in [5.74, 6) is 0.277. The average molecular weight is 700 g/mol. The van der Waals surface area contributed by atoms with E-state index in [2.05, 4.69) is 15.0 Å². The standard InChI is InChI=1S/C31H25Cl3N6O5S/c1-3-44-26-17-23(34)27(46(42,43)35-2)16-22(26)30-36-28(18-8-12-20(32)13-9-18)29(19-10-14-21(33)15-11-19)39(30)31(41)45-40-25-7-5-4-6-24(25)37-38-40/h4-17,28-29,35H,3H2,1-2H3/t28-,29+/m0/s1. The zero-order valence-electron chi connectivity index (χ0n) is 24.3. The molecular weight excluding hydrogens is 675 g/mol. The first-order valence-corrected chi connectivity index (χ1v) is 16.5. The number of aliphatic imine (C=N–C) groups is 1. The van der Waals surface area contributed by atoms with Crippen molar-refractivity contribution in [2.24, 2.45) is 4.99 Å². The topological polar surface area (TPSA) is 128 Å². The van der Waals surface area contributed by atoms with Gasteiger partial charge in [-0.15, -0.1) is 5.10 Å². The summed E-state index contributed by atoms with van der Waals surface area (Å²) in [6.45, 7) is 1.98. The van der Waals surface area contributed by atoms with Gasteiger partial charge in [-0.2, -0.15) is 0 Å². The largest absolute Gasteiger partial charge is 0.493 e. The Labute approximate surface area is 279 Å². The highest BCUT2D eigenvalue weighted by molar-refractivity contribution is 7.89. The molecule has 0 radical (unpaired) electrons. The molecule has 0 saturated heterocycles. The van der Waals surface area contributed by atoms with Gasteiger partial charge in [0.2, 0.25) is 10.0 Å². The number of carbonyl (C=O) groups excluding carboxylic acids is 1. The smallest absolute Gasteiger partial charge is 0.442 e. The van der Waals surface area contributed by atoms with Crippen LogP contribution in [0.5, 0.6) is 5.75 Å². The van der Waals surface area contributed by atoms with Crippen LogP contribution in [0.25, 0.3) is 11.0 Å². The minimum atomic E-state index is -4.04. The lowest BCUT2D eigenvalue weighted by Gasteiger charge is -2.29. The maximum atomic E-state index is 14.4. The first kappa shape index (κ1) is 31.8. The van der Waals surface area contributed by atoms with Gasteiger partial charge >= 0.3 is 6.09 Å². The first-order valence-electron chi connectivity index (χ1n) is 13.9. The van der Waals surface area contributed by atoms with Crippen molar-refractivity contribution >= 4 is 67.8 Å². The van der Waals surface area contributed by atoms with E-state index in [1.165, 1.54) is 24.1 Å². The van der Waals surface area contributed by atoms with Crippen LogP contribution in [0.2, 0.25) is 15.1 Å². The lowest BCUT2D eigenvalue weighted by molar-refractivity contribution is 0.0901. The number of hydrogen-bond donors (Lipinski definition) is 1. The van der Waals surface area contributed by atoms with Crippen LogP contribution in [0.3, 0.4) is 0 Å². The Morgan fingerprint density at radius 1 is 0.935 bits per heavy atom. The molecule has 0 unspecified atom stereocenters. The molecule has 15 heteroatoms. The third-order valence-corrected chi connectivity index (χ3v) is 9.69. The van der Waals surface area contributed by atoms with Gasteiger partial charge in [0.15, 0.2) is 0 Å². The zero-order valence-corrected chi connectivity index (χ0v) is 27.3. The first-order chi connectivity index (χ1) is 22.1. The lowest BCUT2D eigenvalue weighted by Crippen LogP contribution is -2.42. The second-order valence-corrected chi connectivity index (χ2v) is 13.2. The molecule has 1 N–H and O–H groups in total. The minimum Gasteiger partial charge on any atom is -0.493 e. The number of carbonyl (C=O) groups is 1. The fraction of sp³-hybridized carbons (Fsp3) is 0.161. The van der Waals surface area contributed by atoms with Crippen molar-refractivity contribution in [2.45, 2.75) is 23.9 Å². The highest BCUT2D eigenvalue weighted by atomic mass is 35.5. The predicted molar refractivity (Wildman–Crippen MR) is 175 cm³/mol. The van der Waals surface area contributed by atoms with Crippen molar-refractivity contribution in [2.75, 3.05) is 13.7 Å². The number of nitrogens with zero attached hydrogens (tertiary/aromatic N) is 5. The van der Waals surface area contributed by atoms with E-state index < -0.39 is 28.2 Å². The molecule has 1 amide bonds. The Morgan fingerprint density at radius 2 is 1.59 bits per heavy atom. The molecule has 4 aromatic carbocycles. The van der Waals surface area contributed by atoms with Crippen molar-refractivity contribution in [1.29, 1.82) is 0 Å². The third-order valence-electron chi connectivity index (χ3n) is 7.31. The molecule has 236 valence electrons. The molecular formula is C31H25Cl3N6O5S. The summed E-state index contributed by atoms with van der Waals surface area (Å²) >= 11 is 18.9. The number of fused-ring (bicyclic) bond motifs is 1. The number of amidine groups is 1. The fourth-order valence-electron chi connectivity index (χ4n) is 5.18. The van der Waals surface area contributed by atoms with E-state index in [0.717, 1.165) is 10.4 Å². The Kier molecular flexibility index (Phi) is 8.90. The molecule has 0 fully saturated rings. The van der Waals surface area contributed by atoms with Crippen LogP contribution >= 0.6 is 34.8 Å². The molecule has 0 bridgehead atoms. The van der Waals surface area contributed by atoms with Crippen LogP contribution in [-0.2, 0) is 10.0 Å². The van der Waals surface area contributed by atoms with Gasteiger partial charge < -0.3 is 4.74 Å². The van der Waals surface area contributed by atoms with Crippen molar-refractivity contribution in [3.05, 3.63) is 117 Å². The van der Waals surface area contributed by atoms with Gasteiger partial charge in [0.1, 0.15) is 33.6 Å². The normalized spacial score (nSPS) is 16.5. The molecule has 1 aromatic heterocycles. The fourth-order valence-corrected chi connectivity index (χ4v) is 6.70. The molecule has 11 nitrogen and oxygen atoms in total. The Balaban J connectivity index is 1.59. The number of nitrogens with one attached hydrogen (secondary N) is 1. The van der Waals surface area contributed by atoms with Crippen LogP contribution in [-0.4, -0.2) is 54.1 Å². The number of para-hydroxylation sites is 1. The number of rotatable bonds is 8. The molecule has 2 atom stereocenters. The molecule has 2 heterocycles. The predicted octanol–water partition coefficient (Wildman–Crippen LogP) is 6.49. The van der Waals surface area contributed by atoms with Gasteiger partial charge in [-0.1, -0.05) is 76.0 Å². The SMILES string of the molecule is CCOc1cc(Cl)c(S(=O)(=O)NC)cc1C1=N[C@@H](c2ccc(Cl)cc2)[C@@H](c2ccc(Cl)cc2)N1C(=O)On1nnc2ccccc21. The molecule has 0 aliphatic carbocycles. The van der Waals surface area contributed by atoms with E-state index in [1.807, 2.05) is 0 Å². The van der Waals surface area contributed by atoms with E-state index in [1.54, 1.807) is 79.7 Å². The number of aromatic nitrogens is 3. The van der Waals surface area contributed by atoms with Gasteiger partial charge in [-0.05, 0) is 72.8 Å². The summed E-state index contributed by atoms with van der Waals surface area (Å²) < 4.78 is 34.2. The summed E-state index contributed by atoms with van der Waals surface area (Å²) in [6.07, 6.45) is -0.874. The number of ether oxygens (including phenoxy) is 1. The summed E-state index contributed by atoms with van der Waals surface area (Å²) in [5.41, 5.74) is 2.54. The molecule has 0 saturated carbocycles. The monoisotopic (exact) mass is 698 g/mol. The number of sulfonamides is 1. The Hall–Kier alpha value is -4.20. The maximum Gasteiger partial charge on any atom is 0.442 e. The van der Waals surface area contributed by atoms with Gasteiger partial charge in [-0.3, -0.25) is 9.83 Å². The third kappa shape index (κ3) is 6.02. The van der Waals surface area contributed by atoms with Crippen LogP contribution in [0.1, 0.15) is 35.7 Å². The molecule has 46 heavy (non-hydrogen) atoms. The lowest BCUT2D eigenvalue weighted by atomic mass is 9.94. The van der Waals surface area contributed by atoms with Crippen LogP contribution < -0.4 is 14.3 Å². The number of halogens is 3. The second kappa shape index (κ2) is 12.9. The van der Waals surface area contributed by atoms with Crippen molar-refractivity contribution < 1.29 is 22.8 Å². The van der Waals surface area contributed by atoms with E-state index >= 15 is 0 Å².